The van der Waals surface area contributed by atoms with Crippen molar-refractivity contribution in [1.82, 2.24) is 19.7 Å². The average Bonchev–Trinajstić information content (AvgIpc) is 3.58. The summed E-state index contributed by atoms with van der Waals surface area (Å²) >= 11 is 0. The molecule has 2 aliphatic rings. The molecule has 3 aromatic rings. The van der Waals surface area contributed by atoms with E-state index >= 15 is 0 Å². The maximum atomic E-state index is 12.2. The Balaban J connectivity index is 0.000000372. The second kappa shape index (κ2) is 22.1. The number of aliphatic imine (C=N–C) groups is 1. The van der Waals surface area contributed by atoms with Crippen LogP contribution in [-0.4, -0.2) is 66.1 Å². The molecule has 1 aliphatic carbocycles. The fraction of sp³-hybridized carbons (Fsp3) is 0.432. The fourth-order valence-electron chi connectivity index (χ4n) is 6.58. The van der Waals surface area contributed by atoms with Gasteiger partial charge < -0.3 is 31.2 Å². The molecule has 0 spiro atoms. The van der Waals surface area contributed by atoms with Crippen molar-refractivity contribution >= 4 is 40.8 Å². The van der Waals surface area contributed by atoms with Crippen LogP contribution in [0.15, 0.2) is 83.7 Å². The van der Waals surface area contributed by atoms with Gasteiger partial charge in [-0.25, -0.2) is 0 Å². The minimum Gasteiger partial charge on any atom is -0.403 e. The number of nitrogens with one attached hydrogen (secondary N) is 1. The molecule has 5 rings (SSSR count). The zero-order valence-corrected chi connectivity index (χ0v) is 33.1. The highest BCUT2D eigenvalue weighted by Crippen LogP contribution is 2.36. The highest BCUT2D eigenvalue weighted by atomic mass is 16.2. The topological polar surface area (TPSA) is 122 Å². The number of unbranched alkanes of at least 4 members (excludes halogenated alkanes) is 1. The summed E-state index contributed by atoms with van der Waals surface area (Å²) in [4.78, 5) is 31.8. The van der Waals surface area contributed by atoms with E-state index in [0.717, 1.165) is 80.4 Å². The zero-order chi connectivity index (χ0) is 38.8. The van der Waals surface area contributed by atoms with E-state index in [1.165, 1.54) is 34.1 Å². The maximum Gasteiger partial charge on any atom is 0.226 e. The Bertz CT molecular complexity index is 1800. The van der Waals surface area contributed by atoms with Crippen LogP contribution in [0.2, 0.25) is 0 Å². The Morgan fingerprint density at radius 3 is 2.42 bits per heavy atom. The third-order valence-electron chi connectivity index (χ3n) is 9.48. The number of nitrogens with two attached hydrogens (primary N) is 2. The van der Waals surface area contributed by atoms with Gasteiger partial charge in [0.25, 0.3) is 0 Å². The van der Waals surface area contributed by atoms with Crippen molar-refractivity contribution in [3.63, 3.8) is 0 Å². The summed E-state index contributed by atoms with van der Waals surface area (Å²) in [5.41, 5.74) is 21.2. The van der Waals surface area contributed by atoms with E-state index in [9.17, 15) is 9.59 Å². The van der Waals surface area contributed by atoms with E-state index in [0.29, 0.717) is 31.6 Å². The van der Waals surface area contributed by atoms with E-state index in [-0.39, 0.29) is 11.8 Å². The summed E-state index contributed by atoms with van der Waals surface area (Å²) in [7, 11) is 1.89. The molecular weight excluding hydrogens is 659 g/mol. The molecule has 2 aromatic carbocycles. The number of benzene rings is 2. The van der Waals surface area contributed by atoms with E-state index in [4.69, 9.17) is 11.5 Å². The lowest BCUT2D eigenvalue weighted by Gasteiger charge is -2.23. The van der Waals surface area contributed by atoms with Crippen molar-refractivity contribution in [2.24, 2.45) is 16.5 Å². The molecule has 9 heteroatoms. The molecule has 9 nitrogen and oxygen atoms in total. The lowest BCUT2D eigenvalue weighted by atomic mass is 9.95. The first-order valence-electron chi connectivity index (χ1n) is 19.5. The van der Waals surface area contributed by atoms with Crippen LogP contribution in [-0.2, 0) is 22.6 Å². The monoisotopic (exact) mass is 722 g/mol. The maximum absolute atomic E-state index is 12.2. The minimum absolute atomic E-state index is 0.184. The third-order valence-corrected chi connectivity index (χ3v) is 9.48. The molecule has 53 heavy (non-hydrogen) atoms. The number of rotatable bonds is 15. The molecule has 1 aliphatic heterocycles. The third kappa shape index (κ3) is 11.7. The Kier molecular flexibility index (Phi) is 17.7. The van der Waals surface area contributed by atoms with Gasteiger partial charge in [-0.1, -0.05) is 77.5 Å². The van der Waals surface area contributed by atoms with Crippen molar-refractivity contribution in [2.45, 2.75) is 92.5 Å². The zero-order valence-electron chi connectivity index (χ0n) is 33.1. The number of hydrogen-bond donors (Lipinski definition) is 3. The quantitative estimate of drug-likeness (QED) is 0.137. The second-order valence-corrected chi connectivity index (χ2v) is 13.2. The SMILES string of the molecule is C=N/C=C(\NCCN(CCC)C(=O)CC)c1ccc2c(c1)CCn1c-2cc2cc(/C(N)=C/N)ccc21.CC.CCCCN(C)C(=O)CC1=CCCC=C1. The summed E-state index contributed by atoms with van der Waals surface area (Å²) in [5, 5.41) is 4.63. The van der Waals surface area contributed by atoms with Gasteiger partial charge in [0.1, 0.15) is 0 Å². The first kappa shape index (κ1) is 42.4. The number of hydrogen-bond acceptors (Lipinski definition) is 6. The molecule has 0 fully saturated rings. The van der Waals surface area contributed by atoms with Gasteiger partial charge in [-0.05, 0) is 85.4 Å². The molecule has 0 atom stereocenters. The van der Waals surface area contributed by atoms with Crippen LogP contribution in [0.5, 0.6) is 0 Å². The number of aromatic nitrogens is 1. The van der Waals surface area contributed by atoms with E-state index in [1.807, 2.05) is 43.7 Å². The van der Waals surface area contributed by atoms with Gasteiger partial charge in [-0.15, -0.1) is 0 Å². The molecule has 0 saturated carbocycles. The van der Waals surface area contributed by atoms with E-state index in [1.54, 1.807) is 6.20 Å². The number of carbonyl (C=O) groups is 2. The molecular formula is C44H63N7O2. The van der Waals surface area contributed by atoms with Crippen LogP contribution in [0, 0.1) is 0 Å². The molecule has 2 heterocycles. The van der Waals surface area contributed by atoms with Gasteiger partial charge in [0.2, 0.25) is 11.8 Å². The van der Waals surface area contributed by atoms with Crippen molar-refractivity contribution in [2.75, 3.05) is 33.2 Å². The lowest BCUT2D eigenvalue weighted by molar-refractivity contribution is -0.131. The van der Waals surface area contributed by atoms with Gasteiger partial charge in [0, 0.05) is 80.8 Å². The highest BCUT2D eigenvalue weighted by Gasteiger charge is 2.20. The Morgan fingerprint density at radius 2 is 1.75 bits per heavy atom. The van der Waals surface area contributed by atoms with Gasteiger partial charge >= 0.3 is 0 Å². The molecule has 1 aromatic heterocycles. The fourth-order valence-corrected chi connectivity index (χ4v) is 6.58. The number of aryl methyl sites for hydroxylation is 2. The first-order valence-corrected chi connectivity index (χ1v) is 19.5. The molecule has 5 N–H and O–H groups in total. The number of nitrogens with zero attached hydrogens (tertiary/aromatic N) is 4. The van der Waals surface area contributed by atoms with Gasteiger partial charge in [-0.2, -0.15) is 0 Å². The summed E-state index contributed by atoms with van der Waals surface area (Å²) in [5.74, 6) is 0.422. The standard InChI is InChI=1S/C29H36N6O.C13H21NO.C2H6/c1-4-12-34(29(36)5-2)14-11-33-26(19-32-3)22-6-8-24-20(15-22)10-13-35-27-9-7-21(25(31)18-30)16-23(27)17-28(24)35;1-3-4-10-14(2)13(15)11-12-8-6-5-7-9-12;1-2/h6-9,15-19,33H,3-5,10-14,30-31H2,1-2H3;6,8-9H,3-5,7,10-11H2,1-2H3;1-2H3/b25-18-,26-19-;;. The number of carbonyl (C=O) groups excluding carboxylic acids is 2. The normalized spacial score (nSPS) is 13.4. The predicted molar refractivity (Wildman–Crippen MR) is 225 cm³/mol. The van der Waals surface area contributed by atoms with Crippen molar-refractivity contribution in [3.05, 3.63) is 95.4 Å². The Hall–Kier alpha value is -5.05. The highest BCUT2D eigenvalue weighted by molar-refractivity contribution is 5.91. The number of amides is 2. The summed E-state index contributed by atoms with van der Waals surface area (Å²) in [6, 6.07) is 15.0. The van der Waals surface area contributed by atoms with Crippen LogP contribution in [0.3, 0.4) is 0 Å². The van der Waals surface area contributed by atoms with E-state index < -0.39 is 0 Å². The van der Waals surface area contributed by atoms with Crippen molar-refractivity contribution in [1.29, 1.82) is 0 Å². The Morgan fingerprint density at radius 1 is 0.981 bits per heavy atom. The van der Waals surface area contributed by atoms with Crippen LogP contribution < -0.4 is 16.8 Å². The molecule has 0 unspecified atom stereocenters. The average molecular weight is 722 g/mol. The van der Waals surface area contributed by atoms with Crippen molar-refractivity contribution < 1.29 is 9.59 Å². The van der Waals surface area contributed by atoms with Gasteiger partial charge in [0.15, 0.2) is 0 Å². The molecule has 0 saturated heterocycles. The van der Waals surface area contributed by atoms with Crippen LogP contribution >= 0.6 is 0 Å². The molecule has 0 radical (unpaired) electrons. The summed E-state index contributed by atoms with van der Waals surface area (Å²) in [6.07, 6.45) is 17.0. The molecule has 286 valence electrons. The largest absolute Gasteiger partial charge is 0.403 e. The number of allylic oxidation sites excluding steroid dienone is 3. The predicted octanol–water partition coefficient (Wildman–Crippen LogP) is 8.26. The van der Waals surface area contributed by atoms with Gasteiger partial charge in [-0.3, -0.25) is 14.6 Å². The van der Waals surface area contributed by atoms with Crippen LogP contribution in [0.25, 0.3) is 33.6 Å². The Labute approximate surface area is 318 Å². The minimum atomic E-state index is 0.184. The van der Waals surface area contributed by atoms with Gasteiger partial charge in [0.05, 0.1) is 17.8 Å². The summed E-state index contributed by atoms with van der Waals surface area (Å²) in [6.45, 7) is 17.7. The molecule has 2 amide bonds. The number of fused-ring (bicyclic) bond motifs is 5. The molecule has 0 bridgehead atoms. The first-order chi connectivity index (χ1) is 25.7. The van der Waals surface area contributed by atoms with Crippen LogP contribution in [0.4, 0.5) is 0 Å². The smallest absolute Gasteiger partial charge is 0.226 e. The van der Waals surface area contributed by atoms with Crippen LogP contribution in [0.1, 0.15) is 96.3 Å². The second-order valence-electron chi connectivity index (χ2n) is 13.2. The lowest BCUT2D eigenvalue weighted by Crippen LogP contribution is -2.36. The van der Waals surface area contributed by atoms with Crippen molar-refractivity contribution in [3.8, 4) is 11.3 Å². The summed E-state index contributed by atoms with van der Waals surface area (Å²) < 4.78 is 2.37. The van der Waals surface area contributed by atoms with E-state index in [2.05, 4.69) is 90.1 Å².